The molecule has 1 amide bonds. The first-order valence-corrected chi connectivity index (χ1v) is 12.4. The number of carbonyl (C=O) groups is 1. The van der Waals surface area contributed by atoms with Gasteiger partial charge in [-0.15, -0.1) is 0 Å². The van der Waals surface area contributed by atoms with Gasteiger partial charge in [-0.25, -0.2) is 8.42 Å². The van der Waals surface area contributed by atoms with Crippen LogP contribution in [-0.4, -0.2) is 26.4 Å². The van der Waals surface area contributed by atoms with Crippen molar-refractivity contribution < 1.29 is 17.9 Å². The molecule has 35 heavy (non-hydrogen) atoms. The summed E-state index contributed by atoms with van der Waals surface area (Å²) in [7, 11) is -2.27. The maximum absolute atomic E-state index is 13.5. The molecule has 0 aliphatic rings. The number of methoxy groups -OCH3 is 1. The Hall–Kier alpha value is -4.17. The lowest BCUT2D eigenvalue weighted by molar-refractivity contribution is 0.0950. The maximum atomic E-state index is 13.5. The quantitative estimate of drug-likeness (QED) is 0.378. The second-order valence-corrected chi connectivity index (χ2v) is 9.59. The Bertz CT molecular complexity index is 1360. The second-order valence-electron chi connectivity index (χ2n) is 7.72. The van der Waals surface area contributed by atoms with E-state index in [-0.39, 0.29) is 17.3 Å². The van der Waals surface area contributed by atoms with Crippen LogP contribution in [0, 0.1) is 0 Å². The first kappa shape index (κ1) is 24.0. The first-order valence-electron chi connectivity index (χ1n) is 11.0. The number of amides is 1. The SMILES string of the molecule is COc1ccc(N(Cc2ccc(C(=O)NCc3ccccn3)cc2)S(=O)(=O)c2ccccc2)cc1. The normalized spacial score (nSPS) is 11.0. The molecule has 0 bridgehead atoms. The van der Waals surface area contributed by atoms with E-state index in [1.165, 1.54) is 4.31 Å². The monoisotopic (exact) mass is 487 g/mol. The van der Waals surface area contributed by atoms with Crippen LogP contribution in [0.1, 0.15) is 21.6 Å². The van der Waals surface area contributed by atoms with E-state index < -0.39 is 10.0 Å². The first-order chi connectivity index (χ1) is 17.0. The fourth-order valence-corrected chi connectivity index (χ4v) is 4.96. The van der Waals surface area contributed by atoms with Crippen molar-refractivity contribution in [3.05, 3.63) is 120 Å². The van der Waals surface area contributed by atoms with Crippen molar-refractivity contribution in [3.8, 4) is 5.75 Å². The van der Waals surface area contributed by atoms with E-state index in [9.17, 15) is 13.2 Å². The van der Waals surface area contributed by atoms with Gasteiger partial charge in [0.25, 0.3) is 15.9 Å². The van der Waals surface area contributed by atoms with Crippen LogP contribution in [0.25, 0.3) is 0 Å². The molecule has 178 valence electrons. The number of anilines is 1. The summed E-state index contributed by atoms with van der Waals surface area (Å²) in [6.45, 7) is 0.418. The van der Waals surface area contributed by atoms with Gasteiger partial charge in [0, 0.05) is 11.8 Å². The number of ether oxygens (including phenoxy) is 1. The molecule has 0 fully saturated rings. The molecule has 1 heterocycles. The van der Waals surface area contributed by atoms with E-state index in [2.05, 4.69) is 10.3 Å². The molecule has 0 spiro atoms. The summed E-state index contributed by atoms with van der Waals surface area (Å²) >= 11 is 0. The lowest BCUT2D eigenvalue weighted by Gasteiger charge is -2.25. The predicted molar refractivity (Wildman–Crippen MR) is 135 cm³/mol. The molecular weight excluding hydrogens is 462 g/mol. The van der Waals surface area contributed by atoms with Crippen molar-refractivity contribution in [1.29, 1.82) is 0 Å². The number of rotatable bonds is 9. The van der Waals surface area contributed by atoms with E-state index in [1.807, 2.05) is 18.2 Å². The average molecular weight is 488 g/mol. The van der Waals surface area contributed by atoms with Gasteiger partial charge in [-0.1, -0.05) is 36.4 Å². The zero-order valence-electron chi connectivity index (χ0n) is 19.2. The minimum Gasteiger partial charge on any atom is -0.497 e. The van der Waals surface area contributed by atoms with Crippen LogP contribution >= 0.6 is 0 Å². The van der Waals surface area contributed by atoms with Crippen molar-refractivity contribution >= 4 is 21.6 Å². The lowest BCUT2D eigenvalue weighted by atomic mass is 10.1. The Morgan fingerprint density at radius 2 is 1.57 bits per heavy atom. The Kier molecular flexibility index (Phi) is 7.42. The third-order valence-electron chi connectivity index (χ3n) is 5.39. The topological polar surface area (TPSA) is 88.6 Å². The molecule has 4 rings (SSSR count). The Balaban J connectivity index is 1.55. The molecule has 0 unspecified atom stereocenters. The Labute approximate surface area is 205 Å². The van der Waals surface area contributed by atoms with Gasteiger partial charge in [0.2, 0.25) is 0 Å². The summed E-state index contributed by atoms with van der Waals surface area (Å²) in [6, 6.07) is 27.6. The molecule has 0 aliphatic heterocycles. The van der Waals surface area contributed by atoms with Gasteiger partial charge in [0.15, 0.2) is 0 Å². The van der Waals surface area contributed by atoms with Gasteiger partial charge in [-0.2, -0.15) is 0 Å². The standard InChI is InChI=1S/C27H25N3O4S/c1-34-25-16-14-24(15-17-25)30(35(32,33)26-8-3-2-4-9-26)20-21-10-12-22(13-11-21)27(31)29-19-23-7-5-6-18-28-23/h2-18H,19-20H2,1H3,(H,29,31). The molecular formula is C27H25N3O4S. The smallest absolute Gasteiger partial charge is 0.264 e. The van der Waals surface area contributed by atoms with Gasteiger partial charge < -0.3 is 10.1 Å². The van der Waals surface area contributed by atoms with E-state index >= 15 is 0 Å². The summed E-state index contributed by atoms with van der Waals surface area (Å²) in [5.74, 6) is 0.401. The molecule has 3 aromatic carbocycles. The molecule has 4 aromatic rings. The number of nitrogens with one attached hydrogen (secondary N) is 1. The number of sulfonamides is 1. The summed E-state index contributed by atoms with van der Waals surface area (Å²) in [4.78, 5) is 16.9. The van der Waals surface area contributed by atoms with Crippen LogP contribution in [0.3, 0.4) is 0 Å². The van der Waals surface area contributed by atoms with Gasteiger partial charge >= 0.3 is 0 Å². The van der Waals surface area contributed by atoms with E-state index in [0.717, 1.165) is 11.3 Å². The highest BCUT2D eigenvalue weighted by atomic mass is 32.2. The van der Waals surface area contributed by atoms with Gasteiger partial charge in [0.1, 0.15) is 5.75 Å². The van der Waals surface area contributed by atoms with Crippen LogP contribution in [0.5, 0.6) is 5.75 Å². The molecule has 1 N–H and O–H groups in total. The van der Waals surface area contributed by atoms with E-state index in [0.29, 0.717) is 23.5 Å². The molecule has 7 nitrogen and oxygen atoms in total. The molecule has 8 heteroatoms. The third-order valence-corrected chi connectivity index (χ3v) is 7.18. The summed E-state index contributed by atoms with van der Waals surface area (Å²) in [6.07, 6.45) is 1.67. The maximum Gasteiger partial charge on any atom is 0.264 e. The Morgan fingerprint density at radius 3 is 2.20 bits per heavy atom. The van der Waals surface area contributed by atoms with Crippen molar-refractivity contribution in [2.24, 2.45) is 0 Å². The largest absolute Gasteiger partial charge is 0.497 e. The fourth-order valence-electron chi connectivity index (χ4n) is 3.49. The van der Waals surface area contributed by atoms with Gasteiger partial charge in [-0.05, 0) is 66.2 Å². The number of benzene rings is 3. The molecule has 0 radical (unpaired) electrons. The van der Waals surface area contributed by atoms with E-state index in [4.69, 9.17) is 4.74 Å². The van der Waals surface area contributed by atoms with Crippen LogP contribution in [-0.2, 0) is 23.1 Å². The van der Waals surface area contributed by atoms with Crippen molar-refractivity contribution in [3.63, 3.8) is 0 Å². The lowest BCUT2D eigenvalue weighted by Crippen LogP contribution is -2.30. The van der Waals surface area contributed by atoms with E-state index in [1.54, 1.807) is 92.2 Å². The third kappa shape index (κ3) is 5.85. The van der Waals surface area contributed by atoms with Crippen molar-refractivity contribution in [2.75, 3.05) is 11.4 Å². The number of nitrogens with zero attached hydrogens (tertiary/aromatic N) is 2. The molecule has 0 saturated carbocycles. The van der Waals surface area contributed by atoms with Crippen molar-refractivity contribution in [1.82, 2.24) is 10.3 Å². The van der Waals surface area contributed by atoms with Gasteiger partial charge in [-0.3, -0.25) is 14.1 Å². The zero-order chi connectivity index (χ0) is 24.7. The molecule has 0 atom stereocenters. The van der Waals surface area contributed by atoms with Crippen molar-refractivity contribution in [2.45, 2.75) is 18.0 Å². The average Bonchev–Trinajstić information content (AvgIpc) is 2.92. The number of pyridine rings is 1. The summed E-state index contributed by atoms with van der Waals surface area (Å²) in [5.41, 5.74) is 2.48. The van der Waals surface area contributed by atoms with Crippen LogP contribution < -0.4 is 14.4 Å². The number of hydrogen-bond donors (Lipinski definition) is 1. The highest BCUT2D eigenvalue weighted by Crippen LogP contribution is 2.27. The molecule has 0 saturated heterocycles. The Morgan fingerprint density at radius 1 is 0.886 bits per heavy atom. The summed E-state index contributed by atoms with van der Waals surface area (Å²) in [5, 5.41) is 2.84. The minimum absolute atomic E-state index is 0.0966. The van der Waals surface area contributed by atoms with Crippen LogP contribution in [0.2, 0.25) is 0 Å². The van der Waals surface area contributed by atoms with Crippen LogP contribution in [0.4, 0.5) is 5.69 Å². The number of carbonyl (C=O) groups excluding carboxylic acids is 1. The highest BCUT2D eigenvalue weighted by Gasteiger charge is 2.25. The molecule has 0 aliphatic carbocycles. The van der Waals surface area contributed by atoms with Gasteiger partial charge in [0.05, 0.1) is 36.5 Å². The number of aromatic nitrogens is 1. The number of hydrogen-bond acceptors (Lipinski definition) is 5. The second kappa shape index (κ2) is 10.8. The minimum atomic E-state index is -3.83. The predicted octanol–water partition coefficient (Wildman–Crippen LogP) is 4.42. The van der Waals surface area contributed by atoms with Crippen LogP contribution in [0.15, 0.2) is 108 Å². The highest BCUT2D eigenvalue weighted by molar-refractivity contribution is 7.92. The fraction of sp³-hybridized carbons (Fsp3) is 0.111. The zero-order valence-corrected chi connectivity index (χ0v) is 20.0. The molecule has 1 aromatic heterocycles. The summed E-state index contributed by atoms with van der Waals surface area (Å²) < 4.78 is 33.6.